The van der Waals surface area contributed by atoms with Gasteiger partial charge in [0.1, 0.15) is 6.04 Å². The van der Waals surface area contributed by atoms with E-state index in [1.807, 2.05) is 13.8 Å². The Labute approximate surface area is 126 Å². The molecule has 0 unspecified atom stereocenters. The molecule has 0 aromatic heterocycles. The van der Waals surface area contributed by atoms with Gasteiger partial charge in [-0.25, -0.2) is 0 Å². The third-order valence-electron chi connectivity index (χ3n) is 2.97. The molecule has 2 amide bonds. The predicted octanol–water partition coefficient (Wildman–Crippen LogP) is 2.26. The minimum absolute atomic E-state index is 0.0803. The first-order valence-electron chi connectivity index (χ1n) is 6.84. The Balaban J connectivity index is 2.84. The fraction of sp³-hybridized carbons (Fsp3) is 0.467. The summed E-state index contributed by atoms with van der Waals surface area (Å²) in [4.78, 5) is 23.1. The molecule has 1 atom stereocenters. The van der Waals surface area contributed by atoms with E-state index < -0.39 is 23.7 Å². The summed E-state index contributed by atoms with van der Waals surface area (Å²) in [6, 6.07) is 3.58. The summed E-state index contributed by atoms with van der Waals surface area (Å²) < 4.78 is 38.0. The van der Waals surface area contributed by atoms with Gasteiger partial charge in [0.2, 0.25) is 11.8 Å². The third kappa shape index (κ3) is 5.75. The van der Waals surface area contributed by atoms with Gasteiger partial charge in [-0.3, -0.25) is 9.59 Å². The fourth-order valence-corrected chi connectivity index (χ4v) is 1.96. The number of carbonyl (C=O) groups is 2. The molecule has 0 aliphatic heterocycles. The maximum Gasteiger partial charge on any atom is 0.416 e. The Morgan fingerprint density at radius 3 is 2.41 bits per heavy atom. The van der Waals surface area contributed by atoms with Gasteiger partial charge in [-0.15, -0.1) is 0 Å². The Kier molecular flexibility index (Phi) is 5.96. The minimum Gasteiger partial charge on any atom is -0.368 e. The number of benzene rings is 1. The topological polar surface area (TPSA) is 72.2 Å². The monoisotopic (exact) mass is 316 g/mol. The predicted molar refractivity (Wildman–Crippen MR) is 75.7 cm³/mol. The van der Waals surface area contributed by atoms with E-state index in [1.165, 1.54) is 12.1 Å². The second kappa shape index (κ2) is 7.29. The number of halogens is 3. The normalized spacial score (nSPS) is 13.0. The summed E-state index contributed by atoms with van der Waals surface area (Å²) >= 11 is 0. The Bertz CT molecular complexity index is 542. The highest BCUT2D eigenvalue weighted by Gasteiger charge is 2.30. The van der Waals surface area contributed by atoms with Gasteiger partial charge in [-0.2, -0.15) is 13.2 Å². The standard InChI is InChI=1S/C15H19F3N2O2/c1-9(2)6-13(21)20-12(14(19)22)8-10-4-3-5-11(7-10)15(16,17)18/h3-5,7,9,12H,6,8H2,1-2H3,(H2,19,22)(H,20,21)/t12-/m0/s1. The van der Waals surface area contributed by atoms with Gasteiger partial charge in [0.05, 0.1) is 5.56 Å². The number of carbonyl (C=O) groups excluding carboxylic acids is 2. The van der Waals surface area contributed by atoms with E-state index in [0.717, 1.165) is 12.1 Å². The first-order chi connectivity index (χ1) is 10.1. The molecule has 0 saturated heterocycles. The van der Waals surface area contributed by atoms with Crippen molar-refractivity contribution >= 4 is 11.8 Å². The first-order valence-corrected chi connectivity index (χ1v) is 6.84. The van der Waals surface area contributed by atoms with Gasteiger partial charge in [0, 0.05) is 12.8 Å². The van der Waals surface area contributed by atoms with E-state index in [1.54, 1.807) is 0 Å². The van der Waals surface area contributed by atoms with E-state index in [4.69, 9.17) is 5.73 Å². The minimum atomic E-state index is -4.46. The zero-order chi connectivity index (χ0) is 16.9. The Morgan fingerprint density at radius 2 is 1.91 bits per heavy atom. The van der Waals surface area contributed by atoms with Crippen molar-refractivity contribution in [2.75, 3.05) is 0 Å². The molecule has 0 spiro atoms. The Hall–Kier alpha value is -2.05. The lowest BCUT2D eigenvalue weighted by Gasteiger charge is -2.17. The molecule has 0 radical (unpaired) electrons. The molecule has 3 N–H and O–H groups in total. The van der Waals surface area contributed by atoms with Gasteiger partial charge >= 0.3 is 6.18 Å². The molecule has 122 valence electrons. The molecule has 1 aromatic carbocycles. The number of nitrogens with one attached hydrogen (secondary N) is 1. The summed E-state index contributed by atoms with van der Waals surface area (Å²) in [5.74, 6) is -1.04. The number of rotatable bonds is 6. The highest BCUT2D eigenvalue weighted by molar-refractivity contribution is 5.86. The molecule has 0 aliphatic rings. The van der Waals surface area contributed by atoms with Crippen molar-refractivity contribution in [1.29, 1.82) is 0 Å². The van der Waals surface area contributed by atoms with Crippen LogP contribution >= 0.6 is 0 Å². The highest BCUT2D eigenvalue weighted by Crippen LogP contribution is 2.29. The summed E-state index contributed by atoms with van der Waals surface area (Å²) in [5, 5.41) is 2.46. The van der Waals surface area contributed by atoms with Crippen molar-refractivity contribution in [3.63, 3.8) is 0 Å². The average molecular weight is 316 g/mol. The zero-order valence-corrected chi connectivity index (χ0v) is 12.4. The number of hydrogen-bond donors (Lipinski definition) is 2. The van der Waals surface area contributed by atoms with Gasteiger partial charge in [0.15, 0.2) is 0 Å². The van der Waals surface area contributed by atoms with Gasteiger partial charge < -0.3 is 11.1 Å². The maximum atomic E-state index is 12.7. The maximum absolute atomic E-state index is 12.7. The van der Waals surface area contributed by atoms with Crippen LogP contribution in [-0.2, 0) is 22.2 Å². The lowest BCUT2D eigenvalue weighted by atomic mass is 10.0. The lowest BCUT2D eigenvalue weighted by Crippen LogP contribution is -2.46. The number of primary amides is 1. The molecule has 0 aliphatic carbocycles. The van der Waals surface area contributed by atoms with Crippen molar-refractivity contribution in [3.05, 3.63) is 35.4 Å². The van der Waals surface area contributed by atoms with E-state index >= 15 is 0 Å². The fourth-order valence-electron chi connectivity index (χ4n) is 1.96. The van der Waals surface area contributed by atoms with Crippen molar-refractivity contribution < 1.29 is 22.8 Å². The van der Waals surface area contributed by atoms with Crippen LogP contribution in [0.3, 0.4) is 0 Å². The van der Waals surface area contributed by atoms with Crippen molar-refractivity contribution in [2.24, 2.45) is 11.7 Å². The average Bonchev–Trinajstić information content (AvgIpc) is 2.36. The molecular weight excluding hydrogens is 297 g/mol. The van der Waals surface area contributed by atoms with Gasteiger partial charge in [0.25, 0.3) is 0 Å². The van der Waals surface area contributed by atoms with Crippen LogP contribution in [0.2, 0.25) is 0 Å². The van der Waals surface area contributed by atoms with Gasteiger partial charge in [-0.1, -0.05) is 32.0 Å². The van der Waals surface area contributed by atoms with Crippen LogP contribution in [0.15, 0.2) is 24.3 Å². The molecule has 1 rings (SSSR count). The summed E-state index contributed by atoms with van der Waals surface area (Å²) in [5.41, 5.74) is 4.69. The molecular formula is C15H19F3N2O2. The molecule has 0 fully saturated rings. The number of nitrogens with two attached hydrogens (primary N) is 1. The quantitative estimate of drug-likeness (QED) is 0.845. The van der Waals surface area contributed by atoms with Crippen LogP contribution in [0.5, 0.6) is 0 Å². The van der Waals surface area contributed by atoms with E-state index in [9.17, 15) is 22.8 Å². The lowest BCUT2D eigenvalue weighted by molar-refractivity contribution is -0.137. The zero-order valence-electron chi connectivity index (χ0n) is 12.4. The van der Waals surface area contributed by atoms with Gasteiger partial charge in [-0.05, 0) is 17.5 Å². The molecule has 7 heteroatoms. The molecule has 1 aromatic rings. The van der Waals surface area contributed by atoms with Crippen LogP contribution in [0.1, 0.15) is 31.4 Å². The smallest absolute Gasteiger partial charge is 0.368 e. The molecule has 0 bridgehead atoms. The summed E-state index contributed by atoms with van der Waals surface area (Å²) in [6.07, 6.45) is -4.32. The van der Waals surface area contributed by atoms with E-state index in [-0.39, 0.29) is 30.2 Å². The number of alkyl halides is 3. The molecule has 0 saturated carbocycles. The molecule has 4 nitrogen and oxygen atoms in total. The molecule has 22 heavy (non-hydrogen) atoms. The van der Waals surface area contributed by atoms with E-state index in [2.05, 4.69) is 5.32 Å². The molecule has 0 heterocycles. The van der Waals surface area contributed by atoms with E-state index in [0.29, 0.717) is 0 Å². The highest BCUT2D eigenvalue weighted by atomic mass is 19.4. The number of amides is 2. The largest absolute Gasteiger partial charge is 0.416 e. The van der Waals surface area contributed by atoms with Crippen LogP contribution in [0.4, 0.5) is 13.2 Å². The Morgan fingerprint density at radius 1 is 1.27 bits per heavy atom. The second-order valence-electron chi connectivity index (χ2n) is 5.52. The van der Waals surface area contributed by atoms with Crippen LogP contribution < -0.4 is 11.1 Å². The van der Waals surface area contributed by atoms with Crippen molar-refractivity contribution in [3.8, 4) is 0 Å². The van der Waals surface area contributed by atoms with Crippen LogP contribution in [-0.4, -0.2) is 17.9 Å². The van der Waals surface area contributed by atoms with Crippen molar-refractivity contribution in [1.82, 2.24) is 5.32 Å². The summed E-state index contributed by atoms with van der Waals surface area (Å²) in [7, 11) is 0. The third-order valence-corrected chi connectivity index (χ3v) is 2.97. The van der Waals surface area contributed by atoms with Crippen molar-refractivity contribution in [2.45, 2.75) is 38.9 Å². The SMILES string of the molecule is CC(C)CC(=O)N[C@@H](Cc1cccc(C(F)(F)F)c1)C(N)=O. The van der Waals surface area contributed by atoms with Crippen LogP contribution in [0.25, 0.3) is 0 Å². The second-order valence-corrected chi connectivity index (χ2v) is 5.52. The van der Waals surface area contributed by atoms with Crippen LogP contribution in [0, 0.1) is 5.92 Å². The summed E-state index contributed by atoms with van der Waals surface area (Å²) in [6.45, 7) is 3.68. The number of hydrogen-bond acceptors (Lipinski definition) is 2. The first kappa shape index (κ1) is 18.0.